The monoisotopic (exact) mass is 313 g/mol. The molecule has 1 N–H and O–H groups in total. The molecule has 0 amide bonds. The summed E-state index contributed by atoms with van der Waals surface area (Å²) in [5, 5.41) is 3.73. The Morgan fingerprint density at radius 2 is 1.85 bits per heavy atom. The van der Waals surface area contributed by atoms with Gasteiger partial charge in [0.2, 0.25) is 0 Å². The van der Waals surface area contributed by atoms with E-state index in [2.05, 4.69) is 15.3 Å². The van der Waals surface area contributed by atoms with Crippen molar-refractivity contribution >= 4 is 34.7 Å². The average Bonchev–Trinajstić information content (AvgIpc) is 2.33. The molecule has 0 saturated carbocycles. The van der Waals surface area contributed by atoms with Gasteiger partial charge in [0.25, 0.3) is 0 Å². The van der Waals surface area contributed by atoms with E-state index in [1.165, 1.54) is 12.1 Å². The van der Waals surface area contributed by atoms with Crippen molar-refractivity contribution in [1.29, 1.82) is 0 Å². The highest BCUT2D eigenvalue weighted by atomic mass is 35.5. The first-order valence-corrected chi connectivity index (χ1v) is 6.89. The van der Waals surface area contributed by atoms with Crippen molar-refractivity contribution in [2.75, 3.05) is 5.32 Å². The molecule has 2 rings (SSSR count). The summed E-state index contributed by atoms with van der Waals surface area (Å²) < 4.78 is 13.3. The van der Waals surface area contributed by atoms with Crippen LogP contribution in [0, 0.1) is 12.7 Å². The second-order valence-corrected chi connectivity index (χ2v) is 5.58. The summed E-state index contributed by atoms with van der Waals surface area (Å²) in [6.45, 7) is 5.75. The van der Waals surface area contributed by atoms with Crippen LogP contribution in [0.25, 0.3) is 0 Å². The second kappa shape index (κ2) is 5.94. The summed E-state index contributed by atoms with van der Waals surface area (Å²) in [6, 6.07) is 4.21. The van der Waals surface area contributed by atoms with E-state index in [1.807, 2.05) is 13.8 Å². The molecule has 2 aromatic rings. The van der Waals surface area contributed by atoms with E-state index in [0.29, 0.717) is 33.1 Å². The predicted octanol–water partition coefficient (Wildman–Crippen LogP) is 5.10. The quantitative estimate of drug-likeness (QED) is 0.801. The van der Waals surface area contributed by atoms with Gasteiger partial charge in [0, 0.05) is 22.2 Å². The Kier molecular flexibility index (Phi) is 4.45. The van der Waals surface area contributed by atoms with Crippen LogP contribution in [0.3, 0.4) is 0 Å². The minimum atomic E-state index is -0.415. The van der Waals surface area contributed by atoms with Gasteiger partial charge in [-0.05, 0) is 25.1 Å². The van der Waals surface area contributed by atoms with Gasteiger partial charge in [0.1, 0.15) is 22.6 Å². The van der Waals surface area contributed by atoms with E-state index >= 15 is 0 Å². The minimum absolute atomic E-state index is 0.143. The molecular weight excluding hydrogens is 300 g/mol. The van der Waals surface area contributed by atoms with Crippen molar-refractivity contribution in [1.82, 2.24) is 9.97 Å². The van der Waals surface area contributed by atoms with Crippen molar-refractivity contribution < 1.29 is 4.39 Å². The molecule has 0 aliphatic carbocycles. The Morgan fingerprint density at radius 1 is 1.15 bits per heavy atom. The van der Waals surface area contributed by atoms with Gasteiger partial charge in [-0.2, -0.15) is 0 Å². The van der Waals surface area contributed by atoms with Gasteiger partial charge >= 0.3 is 0 Å². The highest BCUT2D eigenvalue weighted by molar-refractivity contribution is 6.31. The van der Waals surface area contributed by atoms with Gasteiger partial charge in [0.15, 0.2) is 0 Å². The molecule has 0 aliphatic rings. The minimum Gasteiger partial charge on any atom is -0.340 e. The van der Waals surface area contributed by atoms with Crippen molar-refractivity contribution in [2.24, 2.45) is 0 Å². The molecule has 0 atom stereocenters. The predicted molar refractivity (Wildman–Crippen MR) is 80.6 cm³/mol. The maximum atomic E-state index is 13.3. The number of nitrogens with zero attached hydrogens (tertiary/aromatic N) is 2. The lowest BCUT2D eigenvalue weighted by Gasteiger charge is -2.13. The Bertz CT molecular complexity index is 624. The number of hydrogen-bond acceptors (Lipinski definition) is 3. The SMILES string of the molecule is Cc1c(Cl)nc(C(C)C)nc1Nc1cc(F)cc(Cl)c1. The lowest BCUT2D eigenvalue weighted by molar-refractivity contribution is 0.628. The van der Waals surface area contributed by atoms with Crippen LogP contribution in [-0.4, -0.2) is 9.97 Å². The highest BCUT2D eigenvalue weighted by Gasteiger charge is 2.12. The van der Waals surface area contributed by atoms with Crippen LogP contribution in [0.4, 0.5) is 15.9 Å². The summed E-state index contributed by atoms with van der Waals surface area (Å²) in [7, 11) is 0. The van der Waals surface area contributed by atoms with E-state index in [0.717, 1.165) is 0 Å². The number of hydrogen-bond donors (Lipinski definition) is 1. The van der Waals surface area contributed by atoms with Crippen LogP contribution < -0.4 is 5.32 Å². The molecule has 3 nitrogen and oxygen atoms in total. The van der Waals surface area contributed by atoms with E-state index in [1.54, 1.807) is 13.0 Å². The Morgan fingerprint density at radius 3 is 2.45 bits per heavy atom. The van der Waals surface area contributed by atoms with Crippen molar-refractivity contribution in [3.63, 3.8) is 0 Å². The Balaban J connectivity index is 2.42. The summed E-state index contributed by atoms with van der Waals surface area (Å²) in [4.78, 5) is 8.64. The molecule has 20 heavy (non-hydrogen) atoms. The summed E-state index contributed by atoms with van der Waals surface area (Å²) in [6.07, 6.45) is 0. The third-order valence-electron chi connectivity index (χ3n) is 2.75. The summed E-state index contributed by atoms with van der Waals surface area (Å²) >= 11 is 11.9. The van der Waals surface area contributed by atoms with Crippen LogP contribution in [-0.2, 0) is 0 Å². The maximum absolute atomic E-state index is 13.3. The summed E-state index contributed by atoms with van der Waals surface area (Å²) in [5.74, 6) is 0.910. The van der Waals surface area contributed by atoms with Crippen LogP contribution >= 0.6 is 23.2 Å². The molecule has 0 spiro atoms. The number of halogens is 3. The fourth-order valence-electron chi connectivity index (χ4n) is 1.65. The molecule has 106 valence electrons. The third-order valence-corrected chi connectivity index (χ3v) is 3.33. The van der Waals surface area contributed by atoms with Crippen molar-refractivity contribution in [3.8, 4) is 0 Å². The van der Waals surface area contributed by atoms with Gasteiger partial charge in [-0.3, -0.25) is 0 Å². The van der Waals surface area contributed by atoms with Gasteiger partial charge in [-0.25, -0.2) is 14.4 Å². The zero-order chi connectivity index (χ0) is 14.9. The van der Waals surface area contributed by atoms with Crippen LogP contribution in [0.1, 0.15) is 31.2 Å². The normalized spacial score (nSPS) is 10.9. The first-order chi connectivity index (χ1) is 9.36. The number of nitrogens with one attached hydrogen (secondary N) is 1. The van der Waals surface area contributed by atoms with Crippen LogP contribution in [0.2, 0.25) is 10.2 Å². The number of anilines is 2. The highest BCUT2D eigenvalue weighted by Crippen LogP contribution is 2.27. The molecule has 1 aromatic carbocycles. The fraction of sp³-hybridized carbons (Fsp3) is 0.286. The van der Waals surface area contributed by atoms with E-state index < -0.39 is 5.82 Å². The molecule has 0 fully saturated rings. The van der Waals surface area contributed by atoms with Gasteiger partial charge in [-0.15, -0.1) is 0 Å². The van der Waals surface area contributed by atoms with Gasteiger partial charge in [0.05, 0.1) is 0 Å². The molecule has 0 radical (unpaired) electrons. The van der Waals surface area contributed by atoms with Crippen LogP contribution in [0.15, 0.2) is 18.2 Å². The van der Waals surface area contributed by atoms with Gasteiger partial charge in [-0.1, -0.05) is 37.0 Å². The molecule has 6 heteroatoms. The fourth-order valence-corrected chi connectivity index (χ4v) is 2.05. The largest absolute Gasteiger partial charge is 0.340 e. The molecule has 0 bridgehead atoms. The van der Waals surface area contributed by atoms with E-state index in [4.69, 9.17) is 23.2 Å². The molecule has 0 unspecified atom stereocenters. The second-order valence-electron chi connectivity index (χ2n) is 4.78. The van der Waals surface area contributed by atoms with Crippen molar-refractivity contribution in [3.05, 3.63) is 45.6 Å². The van der Waals surface area contributed by atoms with Gasteiger partial charge < -0.3 is 5.32 Å². The third kappa shape index (κ3) is 3.38. The lowest BCUT2D eigenvalue weighted by atomic mass is 10.2. The zero-order valence-corrected chi connectivity index (χ0v) is 12.8. The number of aromatic nitrogens is 2. The Labute approximate surface area is 127 Å². The Hall–Kier alpha value is -1.39. The topological polar surface area (TPSA) is 37.8 Å². The lowest BCUT2D eigenvalue weighted by Crippen LogP contribution is -2.05. The zero-order valence-electron chi connectivity index (χ0n) is 11.3. The molecular formula is C14H14Cl2FN3. The number of rotatable bonds is 3. The van der Waals surface area contributed by atoms with Crippen LogP contribution in [0.5, 0.6) is 0 Å². The first kappa shape index (κ1) is 15.0. The standard InChI is InChI=1S/C14H14Cl2FN3/c1-7(2)13-19-12(16)8(3)14(20-13)18-11-5-9(15)4-10(17)6-11/h4-7H,1-3H3,(H,18,19,20). The van der Waals surface area contributed by atoms with E-state index in [-0.39, 0.29) is 5.92 Å². The average molecular weight is 314 g/mol. The maximum Gasteiger partial charge on any atom is 0.138 e. The van der Waals surface area contributed by atoms with E-state index in [9.17, 15) is 4.39 Å². The molecule has 0 aliphatic heterocycles. The number of benzene rings is 1. The molecule has 1 heterocycles. The molecule has 1 aromatic heterocycles. The summed E-state index contributed by atoms with van der Waals surface area (Å²) in [5.41, 5.74) is 1.22. The molecule has 0 saturated heterocycles. The first-order valence-electron chi connectivity index (χ1n) is 6.14. The van der Waals surface area contributed by atoms with Crippen molar-refractivity contribution in [2.45, 2.75) is 26.7 Å². The smallest absolute Gasteiger partial charge is 0.138 e.